The van der Waals surface area contributed by atoms with Crippen molar-refractivity contribution in [2.45, 2.75) is 84.3 Å². The Hall–Kier alpha value is -3.32. The highest BCUT2D eigenvalue weighted by Gasteiger charge is 2.33. The van der Waals surface area contributed by atoms with Crippen LogP contribution in [0.3, 0.4) is 0 Å². The molecular formula is C31H37N3O3S. The molecule has 1 aromatic heterocycles. The topological polar surface area (TPSA) is 82.3 Å². The summed E-state index contributed by atoms with van der Waals surface area (Å²) in [5.41, 5.74) is 5.84. The summed E-state index contributed by atoms with van der Waals surface area (Å²) in [7, 11) is 0. The lowest BCUT2D eigenvalue weighted by molar-refractivity contribution is -0.136. The molecular weight excluding hydrogens is 494 g/mol. The van der Waals surface area contributed by atoms with Gasteiger partial charge >= 0.3 is 12.0 Å². The SMILES string of the molecule is Cc1sc(-c2ccc(CCCC3N=NC(=O)N3C(C)Cc3ccc(C(C)(C)C)cc3)cc2)cc1CC(=O)O. The van der Waals surface area contributed by atoms with E-state index in [0.29, 0.717) is 0 Å². The average Bonchev–Trinajstić information content (AvgIpc) is 3.41. The number of rotatable bonds is 10. The molecule has 1 aliphatic rings. The zero-order valence-corrected chi connectivity index (χ0v) is 23.7. The van der Waals surface area contributed by atoms with E-state index in [-0.39, 0.29) is 30.1 Å². The van der Waals surface area contributed by atoms with Gasteiger partial charge in [-0.15, -0.1) is 11.3 Å². The second-order valence-corrected chi connectivity index (χ2v) is 12.5. The molecule has 1 N–H and O–H groups in total. The van der Waals surface area contributed by atoms with Crippen LogP contribution in [0.15, 0.2) is 64.8 Å². The predicted octanol–water partition coefficient (Wildman–Crippen LogP) is 7.82. The van der Waals surface area contributed by atoms with Crippen molar-refractivity contribution in [1.29, 1.82) is 0 Å². The molecule has 6 nitrogen and oxygen atoms in total. The van der Waals surface area contributed by atoms with Gasteiger partial charge in [0.05, 0.1) is 6.42 Å². The molecule has 2 atom stereocenters. The third kappa shape index (κ3) is 6.76. The fourth-order valence-electron chi connectivity index (χ4n) is 4.94. The quantitative estimate of drug-likeness (QED) is 0.289. The summed E-state index contributed by atoms with van der Waals surface area (Å²) in [4.78, 5) is 27.6. The number of carboxylic acids is 1. The van der Waals surface area contributed by atoms with Gasteiger partial charge in [-0.05, 0) is 78.8 Å². The average molecular weight is 532 g/mol. The number of urea groups is 1. The number of azo groups is 1. The maximum absolute atomic E-state index is 12.5. The molecule has 3 aromatic rings. The van der Waals surface area contributed by atoms with Crippen molar-refractivity contribution in [3.63, 3.8) is 0 Å². The van der Waals surface area contributed by atoms with Crippen LogP contribution in [0.2, 0.25) is 0 Å². The lowest BCUT2D eigenvalue weighted by Gasteiger charge is -2.28. The summed E-state index contributed by atoms with van der Waals surface area (Å²) in [5, 5.41) is 17.3. The van der Waals surface area contributed by atoms with Crippen LogP contribution in [-0.4, -0.2) is 34.2 Å². The number of carboxylic acid groups (broad SMARTS) is 1. The standard InChI is InChI=1S/C31H37N3O3S/c1-20(17-23-11-15-26(16-12-23)31(3,4)5)34-28(32-33-30(34)37)8-6-7-22-9-13-24(14-10-22)27-18-25(19-29(35)36)21(2)38-27/h9-16,18,20,28H,6-8,17,19H2,1-5H3,(H,35,36). The first-order valence-electron chi connectivity index (χ1n) is 13.2. The molecule has 4 rings (SSSR count). The van der Waals surface area contributed by atoms with E-state index in [0.717, 1.165) is 46.6 Å². The highest BCUT2D eigenvalue weighted by Crippen LogP contribution is 2.32. The molecule has 200 valence electrons. The molecule has 7 heteroatoms. The van der Waals surface area contributed by atoms with E-state index in [9.17, 15) is 9.59 Å². The highest BCUT2D eigenvalue weighted by molar-refractivity contribution is 7.15. The van der Waals surface area contributed by atoms with Gasteiger partial charge in [-0.2, -0.15) is 5.11 Å². The van der Waals surface area contributed by atoms with Crippen molar-refractivity contribution in [2.75, 3.05) is 0 Å². The molecule has 2 aromatic carbocycles. The second kappa shape index (κ2) is 11.6. The first-order valence-corrected chi connectivity index (χ1v) is 14.1. The molecule has 0 radical (unpaired) electrons. The summed E-state index contributed by atoms with van der Waals surface area (Å²) in [6.07, 6.45) is 3.18. The van der Waals surface area contributed by atoms with Gasteiger partial charge in [-0.3, -0.25) is 9.69 Å². The molecule has 0 saturated heterocycles. The Morgan fingerprint density at radius 3 is 2.37 bits per heavy atom. The number of nitrogens with zero attached hydrogens (tertiary/aromatic N) is 3. The van der Waals surface area contributed by atoms with Gasteiger partial charge in [-0.25, -0.2) is 4.79 Å². The monoisotopic (exact) mass is 531 g/mol. The number of amides is 2. The molecule has 1 aliphatic heterocycles. The number of carbonyl (C=O) groups excluding carboxylic acids is 1. The van der Waals surface area contributed by atoms with Crippen LogP contribution in [0.25, 0.3) is 10.4 Å². The molecule has 2 amide bonds. The fraction of sp³-hybridized carbons (Fsp3) is 0.419. The smallest absolute Gasteiger partial charge is 0.363 e. The Morgan fingerprint density at radius 2 is 1.74 bits per heavy atom. The summed E-state index contributed by atoms with van der Waals surface area (Å²) in [5.74, 6) is -0.806. The zero-order valence-electron chi connectivity index (χ0n) is 22.9. The van der Waals surface area contributed by atoms with Crippen molar-refractivity contribution >= 4 is 23.3 Å². The van der Waals surface area contributed by atoms with Gasteiger partial charge in [0, 0.05) is 15.8 Å². The van der Waals surface area contributed by atoms with Crippen LogP contribution < -0.4 is 0 Å². The summed E-state index contributed by atoms with van der Waals surface area (Å²) < 4.78 is 0. The van der Waals surface area contributed by atoms with Crippen molar-refractivity contribution in [3.05, 3.63) is 81.7 Å². The Kier molecular flexibility index (Phi) is 8.46. The number of carbonyl (C=O) groups is 2. The van der Waals surface area contributed by atoms with Crippen LogP contribution in [0.1, 0.15) is 67.7 Å². The Balaban J connectivity index is 1.31. The number of thiophene rings is 1. The van der Waals surface area contributed by atoms with E-state index in [1.165, 1.54) is 16.7 Å². The maximum atomic E-state index is 12.5. The van der Waals surface area contributed by atoms with E-state index in [4.69, 9.17) is 5.11 Å². The zero-order chi connectivity index (χ0) is 27.4. The third-order valence-corrected chi connectivity index (χ3v) is 8.31. The molecule has 2 unspecified atom stereocenters. The van der Waals surface area contributed by atoms with Gasteiger partial charge in [0.15, 0.2) is 0 Å². The molecule has 0 aliphatic carbocycles. The van der Waals surface area contributed by atoms with Gasteiger partial charge in [0.1, 0.15) is 6.17 Å². The molecule has 0 bridgehead atoms. The highest BCUT2D eigenvalue weighted by atomic mass is 32.1. The predicted molar refractivity (Wildman–Crippen MR) is 153 cm³/mol. The van der Waals surface area contributed by atoms with Crippen molar-refractivity contribution < 1.29 is 14.7 Å². The number of hydrogen-bond donors (Lipinski definition) is 1. The van der Waals surface area contributed by atoms with Gasteiger partial charge in [0.2, 0.25) is 0 Å². The van der Waals surface area contributed by atoms with Gasteiger partial charge < -0.3 is 5.11 Å². The molecule has 38 heavy (non-hydrogen) atoms. The minimum Gasteiger partial charge on any atom is -0.481 e. The summed E-state index contributed by atoms with van der Waals surface area (Å²) in [6, 6.07) is 18.9. The van der Waals surface area contributed by atoms with E-state index >= 15 is 0 Å². The normalized spacial score (nSPS) is 16.3. The van der Waals surface area contributed by atoms with E-state index < -0.39 is 5.97 Å². The minimum atomic E-state index is -0.806. The van der Waals surface area contributed by atoms with Crippen LogP contribution in [-0.2, 0) is 29.5 Å². The summed E-state index contributed by atoms with van der Waals surface area (Å²) >= 11 is 1.63. The van der Waals surface area contributed by atoms with Crippen LogP contribution in [0.5, 0.6) is 0 Å². The molecule has 0 spiro atoms. The van der Waals surface area contributed by atoms with Crippen LogP contribution in [0, 0.1) is 6.92 Å². The third-order valence-electron chi connectivity index (χ3n) is 7.17. The van der Waals surface area contributed by atoms with Crippen LogP contribution in [0.4, 0.5) is 4.79 Å². The first-order chi connectivity index (χ1) is 18.0. The Labute approximate surface area is 229 Å². The van der Waals surface area contributed by atoms with E-state index in [1.807, 2.05) is 17.9 Å². The molecule has 2 heterocycles. The first kappa shape index (κ1) is 27.7. The lowest BCUT2D eigenvalue weighted by Crippen LogP contribution is -2.41. The lowest BCUT2D eigenvalue weighted by atomic mass is 9.86. The van der Waals surface area contributed by atoms with Gasteiger partial charge in [0.25, 0.3) is 0 Å². The second-order valence-electron chi connectivity index (χ2n) is 11.2. The number of hydrogen-bond acceptors (Lipinski definition) is 4. The Bertz CT molecular complexity index is 1300. The molecule has 0 fully saturated rings. The number of benzene rings is 2. The fourth-order valence-corrected chi connectivity index (χ4v) is 5.98. The van der Waals surface area contributed by atoms with E-state index in [1.54, 1.807) is 11.3 Å². The Morgan fingerprint density at radius 1 is 1.08 bits per heavy atom. The van der Waals surface area contributed by atoms with E-state index in [2.05, 4.69) is 86.5 Å². The van der Waals surface area contributed by atoms with Crippen molar-refractivity contribution in [1.82, 2.24) is 4.90 Å². The minimum absolute atomic E-state index is 0.0162. The largest absolute Gasteiger partial charge is 0.481 e. The molecule has 0 saturated carbocycles. The summed E-state index contributed by atoms with van der Waals surface area (Å²) in [6.45, 7) is 10.7. The van der Waals surface area contributed by atoms with Crippen molar-refractivity contribution in [2.24, 2.45) is 10.2 Å². The number of aliphatic carboxylic acids is 1. The van der Waals surface area contributed by atoms with Crippen LogP contribution >= 0.6 is 11.3 Å². The number of aryl methyl sites for hydroxylation is 2. The van der Waals surface area contributed by atoms with Gasteiger partial charge in [-0.1, -0.05) is 74.4 Å². The van der Waals surface area contributed by atoms with Crippen molar-refractivity contribution in [3.8, 4) is 10.4 Å². The maximum Gasteiger partial charge on any atom is 0.363 e.